The van der Waals surface area contributed by atoms with E-state index in [1.165, 1.54) is 6.92 Å². The van der Waals surface area contributed by atoms with Gasteiger partial charge in [0.25, 0.3) is 0 Å². The van der Waals surface area contributed by atoms with Crippen molar-refractivity contribution in [3.8, 4) is 17.2 Å². The predicted octanol–water partition coefficient (Wildman–Crippen LogP) is 3.64. The molecule has 0 radical (unpaired) electrons. The first-order chi connectivity index (χ1) is 12.4. The van der Waals surface area contributed by atoms with E-state index < -0.39 is 0 Å². The van der Waals surface area contributed by atoms with E-state index in [-0.39, 0.29) is 31.5 Å². The molecule has 2 aromatic carbocycles. The van der Waals surface area contributed by atoms with Crippen LogP contribution in [0.15, 0.2) is 30.3 Å². The molecule has 1 amide bonds. The van der Waals surface area contributed by atoms with Crippen LogP contribution in [0.1, 0.15) is 34.8 Å². The summed E-state index contributed by atoms with van der Waals surface area (Å²) in [5, 5.41) is 2.76. The Morgan fingerprint density at radius 1 is 1.04 bits per heavy atom. The lowest BCUT2D eigenvalue weighted by Gasteiger charge is -2.11. The van der Waals surface area contributed by atoms with Gasteiger partial charge in [0.1, 0.15) is 5.75 Å². The van der Waals surface area contributed by atoms with Crippen molar-refractivity contribution in [2.24, 2.45) is 0 Å². The van der Waals surface area contributed by atoms with E-state index in [0.29, 0.717) is 22.7 Å². The third-order valence-corrected chi connectivity index (χ3v) is 3.96. The number of nitrogens with one attached hydrogen (secondary N) is 1. The monoisotopic (exact) mass is 355 g/mol. The minimum atomic E-state index is -0.240. The minimum Gasteiger partial charge on any atom is -0.493 e. The number of carbonyl (C=O) groups is 2. The van der Waals surface area contributed by atoms with Crippen LogP contribution in [-0.4, -0.2) is 25.1 Å². The van der Waals surface area contributed by atoms with Gasteiger partial charge in [-0.25, -0.2) is 0 Å². The van der Waals surface area contributed by atoms with Crippen LogP contribution in [0.5, 0.6) is 17.2 Å². The highest BCUT2D eigenvalue weighted by Gasteiger charge is 2.20. The first-order valence-electron chi connectivity index (χ1n) is 8.38. The van der Waals surface area contributed by atoms with Gasteiger partial charge >= 0.3 is 0 Å². The Balaban J connectivity index is 1.62. The van der Waals surface area contributed by atoms with Crippen molar-refractivity contribution >= 4 is 17.4 Å². The number of hydrogen-bond donors (Lipinski definition) is 1. The molecule has 136 valence electrons. The number of benzene rings is 2. The van der Waals surface area contributed by atoms with Crippen LogP contribution in [0, 0.1) is 13.8 Å². The summed E-state index contributed by atoms with van der Waals surface area (Å²) in [6.45, 7) is 5.78. The number of carbonyl (C=O) groups excluding carboxylic acids is 2. The number of ketones is 1. The molecule has 2 aromatic rings. The van der Waals surface area contributed by atoms with Crippen molar-refractivity contribution in [1.82, 2.24) is 0 Å². The van der Waals surface area contributed by atoms with Crippen LogP contribution >= 0.6 is 0 Å². The smallest absolute Gasteiger partial charge is 0.231 e. The molecule has 0 unspecified atom stereocenters. The van der Waals surface area contributed by atoms with Crippen molar-refractivity contribution in [3.63, 3.8) is 0 Å². The second kappa shape index (κ2) is 7.47. The zero-order chi connectivity index (χ0) is 18.7. The van der Waals surface area contributed by atoms with Crippen molar-refractivity contribution in [1.29, 1.82) is 0 Å². The average Bonchev–Trinajstić information content (AvgIpc) is 3.00. The van der Waals surface area contributed by atoms with E-state index in [2.05, 4.69) is 11.4 Å². The molecule has 6 nitrogen and oxygen atoms in total. The summed E-state index contributed by atoms with van der Waals surface area (Å²) in [5.74, 6) is 1.35. The van der Waals surface area contributed by atoms with Gasteiger partial charge in [-0.1, -0.05) is 6.07 Å². The van der Waals surface area contributed by atoms with E-state index in [9.17, 15) is 9.59 Å². The van der Waals surface area contributed by atoms with E-state index in [1.807, 2.05) is 26.0 Å². The van der Waals surface area contributed by atoms with Gasteiger partial charge in [0, 0.05) is 11.6 Å². The zero-order valence-electron chi connectivity index (χ0n) is 15.0. The Bertz CT molecular complexity index is 839. The van der Waals surface area contributed by atoms with E-state index >= 15 is 0 Å². The van der Waals surface area contributed by atoms with Gasteiger partial charge in [0.2, 0.25) is 12.7 Å². The van der Waals surface area contributed by atoms with Crippen LogP contribution in [0.25, 0.3) is 0 Å². The Morgan fingerprint density at radius 2 is 1.69 bits per heavy atom. The third kappa shape index (κ3) is 4.14. The number of Topliss-reactive ketones (excluding diaryl/α,β-unsaturated/α-hetero) is 1. The molecule has 0 aliphatic carbocycles. The summed E-state index contributed by atoms with van der Waals surface area (Å²) >= 11 is 0. The number of fused-ring (bicyclic) bond motifs is 1. The van der Waals surface area contributed by atoms with Crippen molar-refractivity contribution < 1.29 is 23.8 Å². The molecule has 1 aliphatic heterocycles. The Morgan fingerprint density at radius 3 is 2.35 bits per heavy atom. The van der Waals surface area contributed by atoms with Gasteiger partial charge < -0.3 is 19.5 Å². The quantitative estimate of drug-likeness (QED) is 0.801. The van der Waals surface area contributed by atoms with Crippen LogP contribution in [0.4, 0.5) is 5.69 Å². The van der Waals surface area contributed by atoms with Gasteiger partial charge in [-0.2, -0.15) is 0 Å². The number of anilines is 1. The van der Waals surface area contributed by atoms with E-state index in [0.717, 1.165) is 16.9 Å². The molecule has 0 saturated heterocycles. The highest BCUT2D eigenvalue weighted by Crippen LogP contribution is 2.37. The third-order valence-electron chi connectivity index (χ3n) is 3.96. The summed E-state index contributed by atoms with van der Waals surface area (Å²) in [4.78, 5) is 24.1. The predicted molar refractivity (Wildman–Crippen MR) is 97.2 cm³/mol. The van der Waals surface area contributed by atoms with Crippen molar-refractivity contribution in [3.05, 3.63) is 47.0 Å². The summed E-state index contributed by atoms with van der Waals surface area (Å²) in [5.41, 5.74) is 3.02. The van der Waals surface area contributed by atoms with Crippen molar-refractivity contribution in [2.75, 3.05) is 18.7 Å². The molecule has 1 heterocycles. The van der Waals surface area contributed by atoms with Gasteiger partial charge in [-0.15, -0.1) is 0 Å². The molecule has 0 bridgehead atoms. The zero-order valence-corrected chi connectivity index (χ0v) is 15.0. The molecule has 1 aliphatic rings. The number of aryl methyl sites for hydroxylation is 2. The molecule has 6 heteroatoms. The SMILES string of the molecule is CC(=O)c1cc2c(cc1NC(=O)CCOc1cc(C)cc(C)c1)OCO2. The fraction of sp³-hybridized carbons (Fsp3) is 0.300. The fourth-order valence-corrected chi connectivity index (χ4v) is 2.83. The lowest BCUT2D eigenvalue weighted by molar-refractivity contribution is -0.116. The topological polar surface area (TPSA) is 73.9 Å². The second-order valence-electron chi connectivity index (χ2n) is 6.28. The van der Waals surface area contributed by atoms with E-state index in [4.69, 9.17) is 14.2 Å². The standard InChI is InChI=1S/C20H21NO5/c1-12-6-13(2)8-15(7-12)24-5-4-20(23)21-17-10-19-18(25-11-26-19)9-16(17)14(3)22/h6-10H,4-5,11H2,1-3H3,(H,21,23). The normalized spacial score (nSPS) is 12.0. The van der Waals surface area contributed by atoms with Crippen LogP contribution in [0.3, 0.4) is 0 Å². The van der Waals surface area contributed by atoms with Gasteiger partial charge in [-0.3, -0.25) is 9.59 Å². The average molecular weight is 355 g/mol. The van der Waals surface area contributed by atoms with E-state index in [1.54, 1.807) is 12.1 Å². The maximum atomic E-state index is 12.2. The first kappa shape index (κ1) is 17.8. The Labute approximate surface area is 152 Å². The van der Waals surface area contributed by atoms with Gasteiger partial charge in [0.05, 0.1) is 18.7 Å². The molecule has 3 rings (SSSR count). The minimum absolute atomic E-state index is 0.105. The molecule has 1 N–H and O–H groups in total. The largest absolute Gasteiger partial charge is 0.493 e. The number of ether oxygens (including phenoxy) is 3. The number of rotatable bonds is 6. The number of amides is 1. The molecule has 26 heavy (non-hydrogen) atoms. The Hall–Kier alpha value is -3.02. The maximum absolute atomic E-state index is 12.2. The molecule has 0 atom stereocenters. The van der Waals surface area contributed by atoms with Gasteiger partial charge in [-0.05, 0) is 50.1 Å². The first-order valence-corrected chi connectivity index (χ1v) is 8.38. The molecule has 0 spiro atoms. The molecule has 0 saturated carbocycles. The maximum Gasteiger partial charge on any atom is 0.231 e. The van der Waals surface area contributed by atoms with Crippen molar-refractivity contribution in [2.45, 2.75) is 27.2 Å². The highest BCUT2D eigenvalue weighted by atomic mass is 16.7. The lowest BCUT2D eigenvalue weighted by atomic mass is 10.1. The lowest BCUT2D eigenvalue weighted by Crippen LogP contribution is -2.17. The molecule has 0 fully saturated rings. The molecule has 0 aromatic heterocycles. The summed E-state index contributed by atoms with van der Waals surface area (Å²) < 4.78 is 16.2. The second-order valence-corrected chi connectivity index (χ2v) is 6.28. The Kier molecular flexibility index (Phi) is 5.11. The summed E-state index contributed by atoms with van der Waals surface area (Å²) in [7, 11) is 0. The summed E-state index contributed by atoms with van der Waals surface area (Å²) in [6, 6.07) is 9.11. The van der Waals surface area contributed by atoms with Crippen LogP contribution < -0.4 is 19.5 Å². The fourth-order valence-electron chi connectivity index (χ4n) is 2.83. The van der Waals surface area contributed by atoms with Crippen LogP contribution in [-0.2, 0) is 4.79 Å². The molecular weight excluding hydrogens is 334 g/mol. The summed E-state index contributed by atoms with van der Waals surface area (Å²) in [6.07, 6.45) is 0.165. The number of hydrogen-bond acceptors (Lipinski definition) is 5. The van der Waals surface area contributed by atoms with Crippen LogP contribution in [0.2, 0.25) is 0 Å². The highest BCUT2D eigenvalue weighted by molar-refractivity contribution is 6.04. The van der Waals surface area contributed by atoms with Gasteiger partial charge in [0.15, 0.2) is 17.3 Å². The molecular formula is C20H21NO5.